The number of hydrogen-bond acceptors (Lipinski definition) is 7. The lowest BCUT2D eigenvalue weighted by Gasteiger charge is -2.24. The topological polar surface area (TPSA) is 104 Å². The molecule has 1 atom stereocenters. The van der Waals surface area contributed by atoms with Crippen LogP contribution in [-0.2, 0) is 9.53 Å². The summed E-state index contributed by atoms with van der Waals surface area (Å²) in [6.07, 6.45) is 1.56. The highest BCUT2D eigenvalue weighted by molar-refractivity contribution is 7.07. The summed E-state index contributed by atoms with van der Waals surface area (Å²) in [6, 6.07) is 11.2. The summed E-state index contributed by atoms with van der Waals surface area (Å²) in [4.78, 5) is 42.0. The normalized spacial score (nSPS) is 15.6. The molecule has 34 heavy (non-hydrogen) atoms. The van der Waals surface area contributed by atoms with Crippen LogP contribution in [0.25, 0.3) is 6.08 Å². The van der Waals surface area contributed by atoms with Gasteiger partial charge in [-0.25, -0.2) is 9.79 Å². The fraction of sp³-hybridized carbons (Fsp3) is 0.208. The molecule has 0 aliphatic carbocycles. The van der Waals surface area contributed by atoms with E-state index in [-0.39, 0.29) is 22.9 Å². The molecular weight excluding hydrogens is 478 g/mol. The Kier molecular flexibility index (Phi) is 6.49. The van der Waals surface area contributed by atoms with Gasteiger partial charge in [-0.05, 0) is 44.0 Å². The molecule has 0 amide bonds. The van der Waals surface area contributed by atoms with Gasteiger partial charge in [-0.3, -0.25) is 19.5 Å². The van der Waals surface area contributed by atoms with Crippen LogP contribution < -0.4 is 14.9 Å². The average molecular weight is 498 g/mol. The largest absolute Gasteiger partial charge is 0.463 e. The van der Waals surface area contributed by atoms with Crippen LogP contribution in [0.2, 0.25) is 5.02 Å². The Morgan fingerprint density at radius 2 is 1.97 bits per heavy atom. The summed E-state index contributed by atoms with van der Waals surface area (Å²) in [5.74, 6) is -0.531. The maximum absolute atomic E-state index is 13.5. The van der Waals surface area contributed by atoms with Crippen LogP contribution >= 0.6 is 22.9 Å². The van der Waals surface area contributed by atoms with Crippen LogP contribution in [0, 0.1) is 17.0 Å². The Labute approximate surface area is 203 Å². The van der Waals surface area contributed by atoms with E-state index in [1.807, 2.05) is 31.2 Å². The van der Waals surface area contributed by atoms with Crippen molar-refractivity contribution in [1.82, 2.24) is 4.57 Å². The van der Waals surface area contributed by atoms with Gasteiger partial charge in [-0.1, -0.05) is 58.8 Å². The molecule has 0 unspecified atom stereocenters. The van der Waals surface area contributed by atoms with Crippen molar-refractivity contribution in [2.75, 3.05) is 6.61 Å². The predicted molar refractivity (Wildman–Crippen MR) is 130 cm³/mol. The lowest BCUT2D eigenvalue weighted by atomic mass is 9.95. The third-order valence-electron chi connectivity index (χ3n) is 5.37. The van der Waals surface area contributed by atoms with Crippen molar-refractivity contribution >= 4 is 40.7 Å². The van der Waals surface area contributed by atoms with Crippen molar-refractivity contribution < 1.29 is 14.5 Å². The molecule has 0 saturated heterocycles. The lowest BCUT2D eigenvalue weighted by molar-refractivity contribution is -0.384. The number of ether oxygens (including phenoxy) is 1. The number of fused-ring (bicyclic) bond motifs is 1. The average Bonchev–Trinajstić information content (AvgIpc) is 3.09. The van der Waals surface area contributed by atoms with Crippen LogP contribution in [0.3, 0.4) is 0 Å². The molecule has 3 aromatic rings. The number of aryl methyl sites for hydroxylation is 1. The zero-order valence-corrected chi connectivity index (χ0v) is 20.1. The smallest absolute Gasteiger partial charge is 0.338 e. The third kappa shape index (κ3) is 4.32. The number of nitro benzene ring substituents is 1. The van der Waals surface area contributed by atoms with E-state index >= 15 is 0 Å². The fourth-order valence-corrected chi connectivity index (χ4v) is 5.00. The minimum Gasteiger partial charge on any atom is -0.463 e. The Morgan fingerprint density at radius 3 is 2.62 bits per heavy atom. The first kappa shape index (κ1) is 23.6. The second kappa shape index (κ2) is 9.36. The van der Waals surface area contributed by atoms with Crippen molar-refractivity contribution in [3.05, 3.63) is 105 Å². The van der Waals surface area contributed by atoms with E-state index in [9.17, 15) is 19.7 Å². The minimum absolute atomic E-state index is 0.0117. The SMILES string of the molecule is CCOC(=O)C1=C(C)N=c2s/c(=C/c3ccc(Cl)c([N+](=O)[O-])c3)c(=O)n2[C@@H]1c1ccc(C)cc1. The number of benzene rings is 2. The molecule has 1 aromatic heterocycles. The number of hydrogen-bond donors (Lipinski definition) is 0. The third-order valence-corrected chi connectivity index (χ3v) is 6.68. The first-order valence-electron chi connectivity index (χ1n) is 10.4. The van der Waals surface area contributed by atoms with Gasteiger partial charge in [0, 0.05) is 6.07 Å². The molecule has 0 radical (unpaired) electrons. The number of carbonyl (C=O) groups excluding carboxylic acids is 1. The van der Waals surface area contributed by atoms with Gasteiger partial charge in [0.2, 0.25) is 0 Å². The number of nitro groups is 1. The van der Waals surface area contributed by atoms with Crippen molar-refractivity contribution in [1.29, 1.82) is 0 Å². The monoisotopic (exact) mass is 497 g/mol. The zero-order valence-electron chi connectivity index (χ0n) is 18.6. The van der Waals surface area contributed by atoms with Gasteiger partial charge in [-0.2, -0.15) is 0 Å². The molecule has 2 aromatic carbocycles. The standard InChI is InChI=1S/C24H20ClN3O5S/c1-4-33-23(30)20-14(3)26-24-27(21(20)16-8-5-13(2)6-9-16)22(29)19(34-24)12-15-7-10-17(25)18(11-15)28(31)32/h5-12,21H,4H2,1-3H3/b19-12+/t21-/m1/s1. The van der Waals surface area contributed by atoms with Crippen LogP contribution in [0.5, 0.6) is 0 Å². The van der Waals surface area contributed by atoms with Gasteiger partial charge in [0.1, 0.15) is 5.02 Å². The van der Waals surface area contributed by atoms with E-state index in [1.165, 1.54) is 16.7 Å². The lowest BCUT2D eigenvalue weighted by Crippen LogP contribution is -2.39. The molecule has 8 nitrogen and oxygen atoms in total. The molecule has 4 rings (SSSR count). The molecule has 2 heterocycles. The molecule has 0 spiro atoms. The van der Waals surface area contributed by atoms with E-state index in [4.69, 9.17) is 16.3 Å². The number of allylic oxidation sites excluding steroid dienone is 1. The van der Waals surface area contributed by atoms with E-state index < -0.39 is 16.9 Å². The van der Waals surface area contributed by atoms with Gasteiger partial charge >= 0.3 is 5.97 Å². The number of carbonyl (C=O) groups is 1. The Morgan fingerprint density at radius 1 is 1.26 bits per heavy atom. The molecule has 1 aliphatic heterocycles. The molecule has 0 N–H and O–H groups in total. The second-order valence-electron chi connectivity index (χ2n) is 7.68. The number of rotatable bonds is 5. The van der Waals surface area contributed by atoms with Gasteiger partial charge < -0.3 is 4.74 Å². The fourth-order valence-electron chi connectivity index (χ4n) is 3.77. The Balaban J connectivity index is 1.94. The van der Waals surface area contributed by atoms with E-state index in [0.29, 0.717) is 26.2 Å². The van der Waals surface area contributed by atoms with E-state index in [1.54, 1.807) is 26.0 Å². The van der Waals surface area contributed by atoms with Crippen LogP contribution in [-0.4, -0.2) is 22.1 Å². The summed E-state index contributed by atoms with van der Waals surface area (Å²) in [5, 5.41) is 11.3. The highest BCUT2D eigenvalue weighted by Crippen LogP contribution is 2.31. The predicted octanol–water partition coefficient (Wildman–Crippen LogP) is 3.67. The van der Waals surface area contributed by atoms with Gasteiger partial charge in [0.05, 0.1) is 33.4 Å². The summed E-state index contributed by atoms with van der Waals surface area (Å²) >= 11 is 7.06. The minimum atomic E-state index is -0.711. The molecular formula is C24H20ClN3O5S. The molecule has 10 heteroatoms. The Hall–Kier alpha value is -3.56. The molecule has 0 fully saturated rings. The van der Waals surface area contributed by atoms with Gasteiger partial charge in [-0.15, -0.1) is 0 Å². The van der Waals surface area contributed by atoms with Crippen LogP contribution in [0.1, 0.15) is 36.6 Å². The summed E-state index contributed by atoms with van der Waals surface area (Å²) in [7, 11) is 0. The summed E-state index contributed by atoms with van der Waals surface area (Å²) in [5.41, 5.74) is 2.40. The van der Waals surface area contributed by atoms with Crippen LogP contribution in [0.4, 0.5) is 5.69 Å². The highest BCUT2D eigenvalue weighted by atomic mass is 35.5. The number of thiazole rings is 1. The summed E-state index contributed by atoms with van der Waals surface area (Å²) in [6.45, 7) is 5.58. The first-order valence-corrected chi connectivity index (χ1v) is 11.6. The highest BCUT2D eigenvalue weighted by Gasteiger charge is 2.33. The maximum atomic E-state index is 13.5. The van der Waals surface area contributed by atoms with Crippen molar-refractivity contribution in [2.24, 2.45) is 4.99 Å². The molecule has 174 valence electrons. The van der Waals surface area contributed by atoms with Crippen molar-refractivity contribution in [3.8, 4) is 0 Å². The van der Waals surface area contributed by atoms with Crippen LogP contribution in [0.15, 0.2) is 63.5 Å². The van der Waals surface area contributed by atoms with Crippen molar-refractivity contribution in [2.45, 2.75) is 26.8 Å². The van der Waals surface area contributed by atoms with E-state index in [0.717, 1.165) is 22.5 Å². The number of esters is 1. The van der Waals surface area contributed by atoms with Gasteiger partial charge in [0.15, 0.2) is 4.80 Å². The molecule has 1 aliphatic rings. The number of nitrogens with zero attached hydrogens (tertiary/aromatic N) is 3. The maximum Gasteiger partial charge on any atom is 0.338 e. The first-order chi connectivity index (χ1) is 16.2. The van der Waals surface area contributed by atoms with Gasteiger partial charge in [0.25, 0.3) is 11.2 Å². The number of aromatic nitrogens is 1. The molecule has 0 saturated carbocycles. The Bertz CT molecular complexity index is 1520. The number of halogens is 1. The second-order valence-corrected chi connectivity index (χ2v) is 9.10. The summed E-state index contributed by atoms with van der Waals surface area (Å²) < 4.78 is 7.08. The van der Waals surface area contributed by atoms with E-state index in [2.05, 4.69) is 4.99 Å². The quantitative estimate of drug-likeness (QED) is 0.304. The van der Waals surface area contributed by atoms with Crippen molar-refractivity contribution in [3.63, 3.8) is 0 Å². The molecule has 0 bridgehead atoms. The zero-order chi connectivity index (χ0) is 24.6.